The lowest BCUT2D eigenvalue weighted by atomic mass is 10.0. The zero-order valence-corrected chi connectivity index (χ0v) is 24.9. The number of nitrogens with zero attached hydrogens (tertiary/aromatic N) is 2. The van der Waals surface area contributed by atoms with E-state index in [2.05, 4.69) is 138 Å². The van der Waals surface area contributed by atoms with Gasteiger partial charge in [0.2, 0.25) is 0 Å². The first-order chi connectivity index (χ1) is 22.3. The van der Waals surface area contributed by atoms with Crippen molar-refractivity contribution in [1.29, 1.82) is 0 Å². The molecule has 210 valence electrons. The van der Waals surface area contributed by atoms with Crippen molar-refractivity contribution in [2.45, 2.75) is 0 Å². The Hall–Kier alpha value is -5.71. The summed E-state index contributed by atoms with van der Waals surface area (Å²) in [5, 5.41) is 8.23. The molecule has 0 bridgehead atoms. The lowest BCUT2D eigenvalue weighted by molar-refractivity contribution is 0.669. The second kappa shape index (κ2) is 9.39. The van der Waals surface area contributed by atoms with Gasteiger partial charge < -0.3 is 8.98 Å². The third kappa shape index (κ3) is 3.67. The van der Waals surface area contributed by atoms with Crippen molar-refractivity contribution in [3.8, 4) is 27.4 Å². The highest BCUT2D eigenvalue weighted by Crippen LogP contribution is 2.45. The number of furan rings is 1. The average Bonchev–Trinajstić information content (AvgIpc) is 3.79. The maximum absolute atomic E-state index is 6.40. The van der Waals surface area contributed by atoms with Crippen LogP contribution in [-0.4, -0.2) is 9.55 Å². The predicted octanol–water partition coefficient (Wildman–Crippen LogP) is 11.8. The van der Waals surface area contributed by atoms with Crippen LogP contribution in [0.4, 0.5) is 0 Å². The summed E-state index contributed by atoms with van der Waals surface area (Å²) in [5.74, 6) is 0. The minimum Gasteiger partial charge on any atom is -0.456 e. The molecule has 0 atom stereocenters. The molecule has 0 saturated heterocycles. The summed E-state index contributed by atoms with van der Waals surface area (Å²) in [5.41, 5.74) is 9.65. The Kier molecular flexibility index (Phi) is 5.16. The fourth-order valence-corrected chi connectivity index (χ4v) is 8.06. The number of hydrogen-bond acceptors (Lipinski definition) is 3. The molecule has 0 saturated carbocycles. The highest BCUT2D eigenvalue weighted by molar-refractivity contribution is 7.22. The summed E-state index contributed by atoms with van der Waals surface area (Å²) in [4.78, 5) is 5.37. The monoisotopic (exact) mass is 592 g/mol. The van der Waals surface area contributed by atoms with Crippen LogP contribution in [0.3, 0.4) is 0 Å². The van der Waals surface area contributed by atoms with E-state index in [1.54, 1.807) is 11.3 Å². The first kappa shape index (κ1) is 24.7. The smallest absolute Gasteiger partial charge is 0.137 e. The molecule has 3 aromatic heterocycles. The van der Waals surface area contributed by atoms with Gasteiger partial charge in [-0.2, -0.15) is 0 Å². The van der Waals surface area contributed by atoms with Crippen LogP contribution in [-0.2, 0) is 0 Å². The molecule has 10 rings (SSSR count). The van der Waals surface area contributed by atoms with Gasteiger partial charge in [-0.3, -0.25) is 0 Å². The fraction of sp³-hybridized carbons (Fsp3) is 0. The summed E-state index contributed by atoms with van der Waals surface area (Å²) in [6, 6.07) is 51.7. The number of rotatable bonds is 3. The van der Waals surface area contributed by atoms with E-state index in [-0.39, 0.29) is 0 Å². The number of aromatic nitrogens is 2. The Labute approximate surface area is 262 Å². The van der Waals surface area contributed by atoms with E-state index >= 15 is 0 Å². The molecule has 0 amide bonds. The maximum Gasteiger partial charge on any atom is 0.137 e. The molecule has 7 aromatic carbocycles. The van der Waals surface area contributed by atoms with Crippen molar-refractivity contribution < 1.29 is 4.42 Å². The molecular formula is C41H24N2OS. The number of thiazole rings is 1. The van der Waals surface area contributed by atoms with Crippen LogP contribution in [0.1, 0.15) is 0 Å². The van der Waals surface area contributed by atoms with E-state index in [1.165, 1.54) is 32.6 Å². The molecular weight excluding hydrogens is 569 g/mol. The van der Waals surface area contributed by atoms with Crippen molar-refractivity contribution in [3.63, 3.8) is 0 Å². The first-order valence-corrected chi connectivity index (χ1v) is 15.9. The van der Waals surface area contributed by atoms with Crippen LogP contribution < -0.4 is 0 Å². The van der Waals surface area contributed by atoms with Crippen molar-refractivity contribution in [2.24, 2.45) is 0 Å². The second-order valence-electron chi connectivity index (χ2n) is 11.6. The zero-order valence-electron chi connectivity index (χ0n) is 24.1. The maximum atomic E-state index is 6.40. The van der Waals surface area contributed by atoms with E-state index < -0.39 is 0 Å². The van der Waals surface area contributed by atoms with Crippen molar-refractivity contribution in [1.82, 2.24) is 9.55 Å². The molecule has 0 spiro atoms. The Morgan fingerprint density at radius 2 is 1.24 bits per heavy atom. The Morgan fingerprint density at radius 1 is 0.533 bits per heavy atom. The molecule has 0 aliphatic heterocycles. The largest absolute Gasteiger partial charge is 0.456 e. The molecule has 0 N–H and O–H groups in total. The van der Waals surface area contributed by atoms with Gasteiger partial charge in [0, 0.05) is 38.4 Å². The van der Waals surface area contributed by atoms with Crippen molar-refractivity contribution in [2.75, 3.05) is 0 Å². The van der Waals surface area contributed by atoms with Crippen molar-refractivity contribution in [3.05, 3.63) is 146 Å². The van der Waals surface area contributed by atoms with Gasteiger partial charge in [0.05, 0.1) is 21.3 Å². The molecule has 0 fully saturated rings. The molecule has 10 aromatic rings. The summed E-state index contributed by atoms with van der Waals surface area (Å²) >= 11 is 1.75. The van der Waals surface area contributed by atoms with E-state index in [9.17, 15) is 0 Å². The highest BCUT2D eigenvalue weighted by atomic mass is 32.1. The quantitative estimate of drug-likeness (QED) is 0.204. The van der Waals surface area contributed by atoms with Crippen LogP contribution >= 0.6 is 11.3 Å². The van der Waals surface area contributed by atoms with Gasteiger partial charge in [0.25, 0.3) is 0 Å². The molecule has 4 heteroatoms. The first-order valence-electron chi connectivity index (χ1n) is 15.1. The summed E-state index contributed by atoms with van der Waals surface area (Å²) in [6.45, 7) is 0. The summed E-state index contributed by atoms with van der Waals surface area (Å²) in [7, 11) is 0. The molecule has 0 aliphatic rings. The predicted molar refractivity (Wildman–Crippen MR) is 190 cm³/mol. The Morgan fingerprint density at radius 3 is 2.09 bits per heavy atom. The fourth-order valence-electron chi connectivity index (χ4n) is 6.92. The standard InChI is InChI=1S/C41H24N2OS/c1-3-11-25(12-4-1)32-24-37-38(31-17-9-10-18-36(31)44-37)40-39(32)42-41(45-40)28-19-20-30-33-21-26-13-7-8-14-27(26)22-35(33)43(34(30)23-28)29-15-5-2-6-16-29/h1-24H. The molecule has 0 aliphatic carbocycles. The van der Waals surface area contributed by atoms with E-state index in [0.717, 1.165) is 59.5 Å². The van der Waals surface area contributed by atoms with E-state index in [1.807, 2.05) is 12.1 Å². The van der Waals surface area contributed by atoms with Crippen LogP contribution in [0.2, 0.25) is 0 Å². The van der Waals surface area contributed by atoms with Gasteiger partial charge in [-0.15, -0.1) is 11.3 Å². The van der Waals surface area contributed by atoms with Gasteiger partial charge in [-0.1, -0.05) is 103 Å². The molecule has 3 heterocycles. The minimum atomic E-state index is 0.893. The third-order valence-electron chi connectivity index (χ3n) is 8.99. The summed E-state index contributed by atoms with van der Waals surface area (Å²) < 4.78 is 9.95. The van der Waals surface area contributed by atoms with Gasteiger partial charge in [-0.25, -0.2) is 4.98 Å². The number of para-hydroxylation sites is 2. The normalized spacial score (nSPS) is 12.0. The van der Waals surface area contributed by atoms with Crippen LogP contribution in [0.15, 0.2) is 150 Å². The van der Waals surface area contributed by atoms with Gasteiger partial charge >= 0.3 is 0 Å². The van der Waals surface area contributed by atoms with E-state index in [0.29, 0.717) is 0 Å². The number of fused-ring (bicyclic) bond motifs is 9. The number of benzene rings is 7. The zero-order chi connectivity index (χ0) is 29.5. The van der Waals surface area contributed by atoms with Crippen molar-refractivity contribution >= 4 is 76.1 Å². The van der Waals surface area contributed by atoms with Crippen LogP contribution in [0.25, 0.3) is 92.1 Å². The summed E-state index contributed by atoms with van der Waals surface area (Å²) in [6.07, 6.45) is 0. The third-order valence-corrected chi connectivity index (χ3v) is 10.1. The highest BCUT2D eigenvalue weighted by Gasteiger charge is 2.21. The Bertz CT molecular complexity index is 2750. The number of hydrogen-bond donors (Lipinski definition) is 0. The second-order valence-corrected chi connectivity index (χ2v) is 12.6. The molecule has 0 unspecified atom stereocenters. The van der Waals surface area contributed by atoms with Gasteiger partial charge in [0.1, 0.15) is 16.2 Å². The van der Waals surface area contributed by atoms with Gasteiger partial charge in [0.15, 0.2) is 0 Å². The van der Waals surface area contributed by atoms with Crippen LogP contribution in [0.5, 0.6) is 0 Å². The lowest BCUT2D eigenvalue weighted by Crippen LogP contribution is -1.93. The topological polar surface area (TPSA) is 31.0 Å². The molecule has 45 heavy (non-hydrogen) atoms. The van der Waals surface area contributed by atoms with E-state index in [4.69, 9.17) is 9.40 Å². The molecule has 0 radical (unpaired) electrons. The van der Waals surface area contributed by atoms with Crippen LogP contribution in [0, 0.1) is 0 Å². The Balaban J connectivity index is 1.28. The SMILES string of the molecule is c1ccc(-c2cc3oc4ccccc4c3c3sc(-c4ccc5c6cc7ccccc7cc6n(-c6ccccc6)c5c4)nc23)cc1. The average molecular weight is 593 g/mol. The van der Waals surface area contributed by atoms with Gasteiger partial charge in [-0.05, 0) is 58.8 Å². The lowest BCUT2D eigenvalue weighted by Gasteiger charge is -2.08. The molecule has 3 nitrogen and oxygen atoms in total. The minimum absolute atomic E-state index is 0.893.